The van der Waals surface area contributed by atoms with Gasteiger partial charge in [0.1, 0.15) is 11.5 Å². The number of aromatic nitrogens is 2. The fourth-order valence-corrected chi connectivity index (χ4v) is 3.18. The highest BCUT2D eigenvalue weighted by atomic mass is 35.5. The molecule has 0 saturated heterocycles. The zero-order chi connectivity index (χ0) is 19.2. The van der Waals surface area contributed by atoms with Crippen molar-refractivity contribution < 1.29 is 14.0 Å². The SMILES string of the molecule is O=C(/C=C/c1c(Cl)nc2ccccn12)NNC(=O)CSc1ccccc1F. The van der Waals surface area contributed by atoms with Crippen LogP contribution in [0.25, 0.3) is 11.7 Å². The van der Waals surface area contributed by atoms with E-state index in [9.17, 15) is 14.0 Å². The van der Waals surface area contributed by atoms with Crippen molar-refractivity contribution in [1.29, 1.82) is 0 Å². The summed E-state index contributed by atoms with van der Waals surface area (Å²) < 4.78 is 15.2. The van der Waals surface area contributed by atoms with E-state index in [4.69, 9.17) is 11.6 Å². The van der Waals surface area contributed by atoms with Crippen molar-refractivity contribution in [2.45, 2.75) is 4.90 Å². The van der Waals surface area contributed by atoms with Crippen LogP contribution < -0.4 is 10.9 Å². The van der Waals surface area contributed by atoms with Crippen molar-refractivity contribution in [1.82, 2.24) is 20.2 Å². The van der Waals surface area contributed by atoms with Gasteiger partial charge in [0, 0.05) is 17.2 Å². The Morgan fingerprint density at radius 1 is 1.19 bits per heavy atom. The van der Waals surface area contributed by atoms with Gasteiger partial charge in [-0.2, -0.15) is 0 Å². The number of hydrazine groups is 1. The van der Waals surface area contributed by atoms with E-state index >= 15 is 0 Å². The molecule has 3 rings (SSSR count). The van der Waals surface area contributed by atoms with E-state index in [0.29, 0.717) is 16.2 Å². The summed E-state index contributed by atoms with van der Waals surface area (Å²) >= 11 is 7.11. The maximum Gasteiger partial charge on any atom is 0.262 e. The van der Waals surface area contributed by atoms with Crippen molar-refractivity contribution in [3.8, 4) is 0 Å². The van der Waals surface area contributed by atoms with Crippen LogP contribution in [0.15, 0.2) is 59.6 Å². The second-order valence-corrected chi connectivity index (χ2v) is 6.68. The molecule has 0 aliphatic heterocycles. The number of rotatable bonds is 5. The van der Waals surface area contributed by atoms with Gasteiger partial charge >= 0.3 is 0 Å². The van der Waals surface area contributed by atoms with Gasteiger partial charge in [-0.05, 0) is 30.3 Å². The maximum absolute atomic E-state index is 13.5. The Kier molecular flexibility index (Phi) is 6.10. The molecule has 0 aliphatic rings. The van der Waals surface area contributed by atoms with Gasteiger partial charge in [-0.1, -0.05) is 29.8 Å². The number of nitrogens with zero attached hydrogens (tertiary/aromatic N) is 2. The number of pyridine rings is 1. The van der Waals surface area contributed by atoms with Gasteiger partial charge in [0.2, 0.25) is 5.91 Å². The van der Waals surface area contributed by atoms with Gasteiger partial charge in [0.25, 0.3) is 5.91 Å². The Morgan fingerprint density at radius 2 is 1.96 bits per heavy atom. The van der Waals surface area contributed by atoms with Crippen molar-refractivity contribution in [2.24, 2.45) is 0 Å². The first-order valence-corrected chi connectivity index (χ1v) is 9.18. The number of halogens is 2. The van der Waals surface area contributed by atoms with Crippen LogP contribution in [-0.2, 0) is 9.59 Å². The number of amides is 2. The lowest BCUT2D eigenvalue weighted by Crippen LogP contribution is -2.41. The topological polar surface area (TPSA) is 75.5 Å². The summed E-state index contributed by atoms with van der Waals surface area (Å²) in [4.78, 5) is 28.2. The lowest BCUT2D eigenvalue weighted by atomic mass is 10.3. The largest absolute Gasteiger partial charge is 0.299 e. The molecule has 2 amide bonds. The fourth-order valence-electron chi connectivity index (χ4n) is 2.20. The molecule has 6 nitrogen and oxygen atoms in total. The van der Waals surface area contributed by atoms with E-state index in [1.165, 1.54) is 18.2 Å². The van der Waals surface area contributed by atoms with E-state index in [1.807, 2.05) is 12.1 Å². The molecule has 0 bridgehead atoms. The summed E-state index contributed by atoms with van der Waals surface area (Å²) in [7, 11) is 0. The van der Waals surface area contributed by atoms with E-state index in [0.717, 1.165) is 11.8 Å². The summed E-state index contributed by atoms with van der Waals surface area (Å²) in [5.74, 6) is -1.43. The van der Waals surface area contributed by atoms with E-state index in [1.54, 1.807) is 34.9 Å². The summed E-state index contributed by atoms with van der Waals surface area (Å²) in [5, 5.41) is 0.260. The minimum atomic E-state index is -0.541. The van der Waals surface area contributed by atoms with Crippen LogP contribution in [-0.4, -0.2) is 27.0 Å². The maximum atomic E-state index is 13.5. The number of hydrogen-bond donors (Lipinski definition) is 2. The highest BCUT2D eigenvalue weighted by molar-refractivity contribution is 8.00. The zero-order valence-corrected chi connectivity index (χ0v) is 15.4. The molecule has 0 unspecified atom stereocenters. The Morgan fingerprint density at radius 3 is 2.78 bits per heavy atom. The van der Waals surface area contributed by atoms with E-state index in [-0.39, 0.29) is 10.9 Å². The average Bonchev–Trinajstić information content (AvgIpc) is 2.99. The van der Waals surface area contributed by atoms with E-state index < -0.39 is 17.6 Å². The van der Waals surface area contributed by atoms with Crippen LogP contribution in [0.2, 0.25) is 5.15 Å². The number of imidazole rings is 1. The lowest BCUT2D eigenvalue weighted by Gasteiger charge is -2.05. The standard InChI is InChI=1S/C18H14ClFN4O2S/c19-18-13(24-10-4-3-7-15(24)21-18)8-9-16(25)22-23-17(26)11-27-14-6-2-1-5-12(14)20/h1-10H,11H2,(H,22,25)(H,23,26)/b9-8+. The van der Waals surface area contributed by atoms with Gasteiger partial charge in [-0.15, -0.1) is 11.8 Å². The molecule has 0 saturated carbocycles. The summed E-state index contributed by atoms with van der Waals surface area (Å²) in [6.45, 7) is 0. The average molecular weight is 405 g/mol. The third-order valence-electron chi connectivity index (χ3n) is 3.44. The first-order chi connectivity index (χ1) is 13.0. The number of hydrogen-bond acceptors (Lipinski definition) is 4. The van der Waals surface area contributed by atoms with Gasteiger partial charge in [-0.3, -0.25) is 24.8 Å². The van der Waals surface area contributed by atoms with E-state index in [2.05, 4.69) is 15.8 Å². The summed E-state index contributed by atoms with van der Waals surface area (Å²) in [6.07, 6.45) is 4.50. The number of carbonyl (C=O) groups excluding carboxylic acids is 2. The Hall–Kier alpha value is -2.84. The molecule has 9 heteroatoms. The molecule has 0 aliphatic carbocycles. The van der Waals surface area contributed by atoms with Crippen LogP contribution in [0, 0.1) is 5.82 Å². The molecule has 2 aromatic heterocycles. The fraction of sp³-hybridized carbons (Fsp3) is 0.0556. The molecule has 27 heavy (non-hydrogen) atoms. The number of fused-ring (bicyclic) bond motifs is 1. The molecule has 138 valence electrons. The van der Waals surface area contributed by atoms with Crippen LogP contribution in [0.1, 0.15) is 5.69 Å². The first kappa shape index (κ1) is 18.9. The first-order valence-electron chi connectivity index (χ1n) is 7.81. The number of carbonyl (C=O) groups is 2. The molecule has 3 aromatic rings. The number of nitrogens with one attached hydrogen (secondary N) is 2. The molecule has 0 radical (unpaired) electrons. The number of thioether (sulfide) groups is 1. The molecule has 2 heterocycles. The third-order valence-corrected chi connectivity index (χ3v) is 4.76. The predicted octanol–water partition coefficient (Wildman–Crippen LogP) is 3.08. The highest BCUT2D eigenvalue weighted by Gasteiger charge is 2.09. The van der Waals surface area contributed by atoms with Crippen molar-refractivity contribution in [3.63, 3.8) is 0 Å². The van der Waals surface area contributed by atoms with Crippen molar-refractivity contribution in [3.05, 3.63) is 71.4 Å². The molecule has 1 aromatic carbocycles. The van der Waals surface area contributed by atoms with Crippen LogP contribution >= 0.6 is 23.4 Å². The molecule has 0 spiro atoms. The molecular weight excluding hydrogens is 391 g/mol. The Balaban J connectivity index is 1.52. The second-order valence-electron chi connectivity index (χ2n) is 5.31. The van der Waals surface area contributed by atoms with Crippen LogP contribution in [0.3, 0.4) is 0 Å². The van der Waals surface area contributed by atoms with Gasteiger partial charge in [-0.25, -0.2) is 9.37 Å². The second kappa shape index (κ2) is 8.70. The van der Waals surface area contributed by atoms with Crippen LogP contribution in [0.4, 0.5) is 4.39 Å². The molecule has 0 fully saturated rings. The minimum absolute atomic E-state index is 0.0377. The molecular formula is C18H14ClFN4O2S. The number of benzene rings is 1. The third kappa shape index (κ3) is 4.87. The predicted molar refractivity (Wildman–Crippen MR) is 103 cm³/mol. The van der Waals surface area contributed by atoms with Gasteiger partial charge < -0.3 is 0 Å². The molecule has 2 N–H and O–H groups in total. The Labute approximate surface area is 163 Å². The van der Waals surface area contributed by atoms with Crippen LogP contribution in [0.5, 0.6) is 0 Å². The zero-order valence-electron chi connectivity index (χ0n) is 13.9. The monoisotopic (exact) mass is 404 g/mol. The summed E-state index contributed by atoms with van der Waals surface area (Å²) in [6, 6.07) is 11.6. The van der Waals surface area contributed by atoms with Gasteiger partial charge in [0.15, 0.2) is 5.15 Å². The van der Waals surface area contributed by atoms with Crippen molar-refractivity contribution >= 4 is 46.9 Å². The van der Waals surface area contributed by atoms with Gasteiger partial charge in [0.05, 0.1) is 11.4 Å². The summed E-state index contributed by atoms with van der Waals surface area (Å²) in [5.41, 5.74) is 5.72. The Bertz CT molecular complexity index is 1020. The quantitative estimate of drug-likeness (QED) is 0.389. The molecule has 0 atom stereocenters. The normalized spacial score (nSPS) is 11.0. The minimum Gasteiger partial charge on any atom is -0.299 e. The van der Waals surface area contributed by atoms with Crippen molar-refractivity contribution in [2.75, 3.05) is 5.75 Å². The lowest BCUT2D eigenvalue weighted by molar-refractivity contribution is -0.125. The highest BCUT2D eigenvalue weighted by Crippen LogP contribution is 2.20. The smallest absolute Gasteiger partial charge is 0.262 e.